The summed E-state index contributed by atoms with van der Waals surface area (Å²) in [4.78, 5) is 49.4. The van der Waals surface area contributed by atoms with Crippen molar-refractivity contribution < 1.29 is 19.1 Å². The van der Waals surface area contributed by atoms with E-state index < -0.39 is 11.7 Å². The van der Waals surface area contributed by atoms with Crippen LogP contribution in [0.25, 0.3) is 22.3 Å². The molecule has 2 N–H and O–H groups in total. The summed E-state index contributed by atoms with van der Waals surface area (Å²) in [7, 11) is 1.51. The second-order valence-electron chi connectivity index (χ2n) is 7.88. The lowest BCUT2D eigenvalue weighted by Crippen LogP contribution is -2.52. The summed E-state index contributed by atoms with van der Waals surface area (Å²) in [6, 6.07) is 12.5. The Kier molecular flexibility index (Phi) is 5.54. The minimum absolute atomic E-state index is 0.0830. The summed E-state index contributed by atoms with van der Waals surface area (Å²) in [6.07, 6.45) is 2.91. The first kappa shape index (κ1) is 21.4. The van der Waals surface area contributed by atoms with Gasteiger partial charge in [0, 0.05) is 43.5 Å². The molecule has 172 valence electrons. The highest BCUT2D eigenvalue weighted by Crippen LogP contribution is 2.35. The first-order valence-electron chi connectivity index (χ1n) is 10.8. The number of rotatable bonds is 5. The van der Waals surface area contributed by atoms with Gasteiger partial charge in [0.15, 0.2) is 5.82 Å². The van der Waals surface area contributed by atoms with Crippen LogP contribution in [-0.2, 0) is 4.79 Å². The molecule has 1 aliphatic heterocycles. The van der Waals surface area contributed by atoms with Crippen molar-refractivity contribution in [3.8, 4) is 17.1 Å². The largest absolute Gasteiger partial charge is 0.496 e. The minimum Gasteiger partial charge on any atom is -0.496 e. The summed E-state index contributed by atoms with van der Waals surface area (Å²) in [5.74, 6) is -0.338. The van der Waals surface area contributed by atoms with Crippen LogP contribution in [0.4, 0.5) is 0 Å². The molecule has 34 heavy (non-hydrogen) atoms. The lowest BCUT2D eigenvalue weighted by molar-refractivity contribution is -0.127. The number of hydrogen-bond donors (Lipinski definition) is 2. The molecule has 0 radical (unpaired) electrons. The number of carbonyl (C=O) groups is 3. The van der Waals surface area contributed by atoms with Gasteiger partial charge in [0.05, 0.1) is 23.6 Å². The highest BCUT2D eigenvalue weighted by Gasteiger charge is 2.31. The third-order valence-electron chi connectivity index (χ3n) is 6.00. The Labute approximate surface area is 194 Å². The molecule has 5 rings (SSSR count). The number of piperazine rings is 1. The minimum atomic E-state index is -0.637. The first-order valence-corrected chi connectivity index (χ1v) is 10.8. The number of benzene rings is 2. The number of methoxy groups -OCH3 is 1. The Morgan fingerprint density at radius 1 is 0.971 bits per heavy atom. The van der Waals surface area contributed by atoms with Crippen LogP contribution in [0.1, 0.15) is 20.7 Å². The zero-order valence-electron chi connectivity index (χ0n) is 18.4. The molecule has 10 heteroatoms. The molecule has 4 aromatic rings. The Morgan fingerprint density at radius 2 is 1.71 bits per heavy atom. The SMILES string of the molecule is COc1ccc(-c2ncn[nH]2)c2[nH]cc(C(=O)C(=O)N3CCN(C(=O)c4ccccc4)CC3)c12. The maximum absolute atomic E-state index is 13.2. The second-order valence-corrected chi connectivity index (χ2v) is 7.88. The van der Waals surface area contributed by atoms with Gasteiger partial charge in [-0.3, -0.25) is 19.5 Å². The normalized spacial score (nSPS) is 13.8. The van der Waals surface area contributed by atoms with Crippen molar-refractivity contribution in [2.75, 3.05) is 33.3 Å². The topological polar surface area (TPSA) is 124 Å². The van der Waals surface area contributed by atoms with Crippen LogP contribution in [0, 0.1) is 0 Å². The van der Waals surface area contributed by atoms with Gasteiger partial charge in [0.25, 0.3) is 17.6 Å². The van der Waals surface area contributed by atoms with E-state index in [0.29, 0.717) is 46.7 Å². The molecule has 2 amide bonds. The predicted molar refractivity (Wildman–Crippen MR) is 123 cm³/mol. The average Bonchev–Trinajstić information content (AvgIpc) is 3.58. The molecule has 2 aromatic carbocycles. The standard InChI is InChI=1S/C24H22N6O4/c1-34-18-8-7-16(22-26-14-27-28-22)20-19(18)17(13-25-20)21(31)24(33)30-11-9-29(10-12-30)23(32)15-5-3-2-4-6-15/h2-8,13-14,25H,9-12H2,1H3,(H,26,27,28). The van der Waals surface area contributed by atoms with Gasteiger partial charge >= 0.3 is 0 Å². The molecular formula is C24H22N6O4. The summed E-state index contributed by atoms with van der Waals surface area (Å²) >= 11 is 0. The Balaban J connectivity index is 1.36. The molecule has 1 fully saturated rings. The van der Waals surface area contributed by atoms with E-state index in [2.05, 4.69) is 20.2 Å². The summed E-state index contributed by atoms with van der Waals surface area (Å²) < 4.78 is 5.47. The maximum atomic E-state index is 13.2. The summed E-state index contributed by atoms with van der Waals surface area (Å²) in [5.41, 5.74) is 2.14. The first-order chi connectivity index (χ1) is 16.6. The average molecular weight is 458 g/mol. The maximum Gasteiger partial charge on any atom is 0.295 e. The number of nitrogens with one attached hydrogen (secondary N) is 2. The monoisotopic (exact) mass is 458 g/mol. The van der Waals surface area contributed by atoms with Gasteiger partial charge in [0.2, 0.25) is 0 Å². The number of Topliss-reactive ketones (excluding diaryl/α,β-unsaturated/α-hetero) is 1. The zero-order chi connectivity index (χ0) is 23.7. The molecule has 1 aliphatic rings. The molecule has 0 unspecified atom stereocenters. The van der Waals surface area contributed by atoms with Crippen LogP contribution >= 0.6 is 0 Å². The number of hydrogen-bond acceptors (Lipinski definition) is 6. The van der Waals surface area contributed by atoms with E-state index in [-0.39, 0.29) is 24.6 Å². The quantitative estimate of drug-likeness (QED) is 0.349. The van der Waals surface area contributed by atoms with Crippen molar-refractivity contribution in [1.82, 2.24) is 30.0 Å². The van der Waals surface area contributed by atoms with Crippen molar-refractivity contribution >= 4 is 28.5 Å². The van der Waals surface area contributed by atoms with Crippen LogP contribution in [0.3, 0.4) is 0 Å². The third kappa shape index (κ3) is 3.68. The van der Waals surface area contributed by atoms with E-state index in [4.69, 9.17) is 4.74 Å². The number of fused-ring (bicyclic) bond motifs is 1. The highest BCUT2D eigenvalue weighted by atomic mass is 16.5. The Bertz CT molecular complexity index is 1360. The molecule has 0 saturated carbocycles. The second kappa shape index (κ2) is 8.81. The van der Waals surface area contributed by atoms with E-state index in [9.17, 15) is 14.4 Å². The van der Waals surface area contributed by atoms with Crippen molar-refractivity contribution in [1.29, 1.82) is 0 Å². The number of aromatic amines is 2. The van der Waals surface area contributed by atoms with E-state index in [1.54, 1.807) is 29.2 Å². The third-order valence-corrected chi connectivity index (χ3v) is 6.00. The van der Waals surface area contributed by atoms with E-state index in [1.165, 1.54) is 24.5 Å². The number of aromatic nitrogens is 4. The van der Waals surface area contributed by atoms with Gasteiger partial charge in [-0.15, -0.1) is 0 Å². The van der Waals surface area contributed by atoms with Crippen molar-refractivity contribution in [3.63, 3.8) is 0 Å². The van der Waals surface area contributed by atoms with Gasteiger partial charge < -0.3 is 19.5 Å². The highest BCUT2D eigenvalue weighted by molar-refractivity contribution is 6.45. The number of carbonyl (C=O) groups excluding carboxylic acids is 3. The fourth-order valence-corrected chi connectivity index (χ4v) is 4.23. The van der Waals surface area contributed by atoms with Gasteiger partial charge in [-0.2, -0.15) is 5.10 Å². The molecule has 1 saturated heterocycles. The van der Waals surface area contributed by atoms with Crippen molar-refractivity contribution in [2.24, 2.45) is 0 Å². The van der Waals surface area contributed by atoms with Gasteiger partial charge in [-0.05, 0) is 24.3 Å². The number of ketones is 1. The number of ether oxygens (including phenoxy) is 1. The molecule has 3 heterocycles. The molecule has 0 atom stereocenters. The molecule has 10 nitrogen and oxygen atoms in total. The van der Waals surface area contributed by atoms with Gasteiger partial charge in [-0.25, -0.2) is 4.98 Å². The van der Waals surface area contributed by atoms with Gasteiger partial charge in [-0.1, -0.05) is 18.2 Å². The molecule has 0 spiro atoms. The molecule has 2 aromatic heterocycles. The number of nitrogens with zero attached hydrogens (tertiary/aromatic N) is 4. The fraction of sp³-hybridized carbons (Fsp3) is 0.208. The van der Waals surface area contributed by atoms with Crippen LogP contribution in [0.15, 0.2) is 55.0 Å². The van der Waals surface area contributed by atoms with Gasteiger partial charge in [0.1, 0.15) is 12.1 Å². The molecular weight excluding hydrogens is 436 g/mol. The van der Waals surface area contributed by atoms with E-state index in [1.807, 2.05) is 18.2 Å². The van der Waals surface area contributed by atoms with Crippen molar-refractivity contribution in [3.05, 3.63) is 66.1 Å². The molecule has 0 aliphatic carbocycles. The number of H-pyrrole nitrogens is 2. The van der Waals surface area contributed by atoms with Crippen molar-refractivity contribution in [2.45, 2.75) is 0 Å². The van der Waals surface area contributed by atoms with Crippen LogP contribution in [-0.4, -0.2) is 80.9 Å². The fourth-order valence-electron chi connectivity index (χ4n) is 4.23. The Morgan fingerprint density at radius 3 is 2.38 bits per heavy atom. The van der Waals surface area contributed by atoms with E-state index >= 15 is 0 Å². The van der Waals surface area contributed by atoms with Crippen LogP contribution < -0.4 is 4.74 Å². The lowest BCUT2D eigenvalue weighted by atomic mass is 10.0. The smallest absolute Gasteiger partial charge is 0.295 e. The van der Waals surface area contributed by atoms with Crippen LogP contribution in [0.5, 0.6) is 5.75 Å². The number of amides is 2. The van der Waals surface area contributed by atoms with Crippen LogP contribution in [0.2, 0.25) is 0 Å². The molecule has 0 bridgehead atoms. The Hall–Kier alpha value is -4.47. The summed E-state index contributed by atoms with van der Waals surface area (Å²) in [6.45, 7) is 1.29. The predicted octanol–water partition coefficient (Wildman–Crippen LogP) is 2.13. The lowest BCUT2D eigenvalue weighted by Gasteiger charge is -2.34. The summed E-state index contributed by atoms with van der Waals surface area (Å²) in [5, 5.41) is 7.19. The van der Waals surface area contributed by atoms with E-state index in [0.717, 1.165) is 0 Å². The zero-order valence-corrected chi connectivity index (χ0v) is 18.4.